The molecule has 0 bridgehead atoms. The van der Waals surface area contributed by atoms with Gasteiger partial charge in [-0.1, -0.05) is 37.8 Å². The molecule has 21 heavy (non-hydrogen) atoms. The Balaban J connectivity index is 1.95. The van der Waals surface area contributed by atoms with E-state index in [1.54, 1.807) is 11.8 Å². The predicted octanol–water partition coefficient (Wildman–Crippen LogP) is 3.42. The van der Waals surface area contributed by atoms with Crippen molar-refractivity contribution in [1.29, 1.82) is 0 Å². The monoisotopic (exact) mass is 311 g/mol. The van der Waals surface area contributed by atoms with Crippen molar-refractivity contribution in [3.05, 3.63) is 12.2 Å². The maximum Gasteiger partial charge on any atom is 0.302 e. The minimum absolute atomic E-state index is 0.0252. The van der Waals surface area contributed by atoms with Crippen molar-refractivity contribution in [2.45, 2.75) is 58.1 Å². The highest BCUT2D eigenvalue weighted by atomic mass is 32.2. The summed E-state index contributed by atoms with van der Waals surface area (Å²) < 4.78 is 11.3. The van der Waals surface area contributed by atoms with Crippen LogP contribution in [0.25, 0.3) is 0 Å². The van der Waals surface area contributed by atoms with Gasteiger partial charge in [0.15, 0.2) is 0 Å². The first kappa shape index (κ1) is 16.6. The molecule has 0 radical (unpaired) electrons. The summed E-state index contributed by atoms with van der Waals surface area (Å²) in [4.78, 5) is 15.8. The van der Waals surface area contributed by atoms with Crippen molar-refractivity contribution < 1.29 is 14.3 Å². The summed E-state index contributed by atoms with van der Waals surface area (Å²) in [6.45, 7) is 8.21. The molecule has 1 saturated heterocycles. The Morgan fingerprint density at radius 3 is 2.86 bits per heavy atom. The van der Waals surface area contributed by atoms with Gasteiger partial charge >= 0.3 is 5.97 Å². The molecule has 0 aliphatic carbocycles. The van der Waals surface area contributed by atoms with Crippen molar-refractivity contribution in [3.63, 3.8) is 0 Å². The highest BCUT2D eigenvalue weighted by Gasteiger charge is 2.45. The van der Waals surface area contributed by atoms with E-state index in [0.29, 0.717) is 18.4 Å². The van der Waals surface area contributed by atoms with Gasteiger partial charge in [-0.05, 0) is 31.6 Å². The van der Waals surface area contributed by atoms with Gasteiger partial charge in [-0.25, -0.2) is 0 Å². The van der Waals surface area contributed by atoms with Gasteiger partial charge in [0.25, 0.3) is 0 Å². The van der Waals surface area contributed by atoms with Crippen LogP contribution in [0.4, 0.5) is 0 Å². The van der Waals surface area contributed by atoms with Crippen LogP contribution >= 0.6 is 11.8 Å². The molecule has 5 heteroatoms. The number of hydrogen-bond acceptors (Lipinski definition) is 5. The molecule has 0 aromatic heterocycles. The zero-order valence-corrected chi connectivity index (χ0v) is 14.1. The minimum atomic E-state index is -0.247. The summed E-state index contributed by atoms with van der Waals surface area (Å²) in [6.07, 6.45) is 6.23. The van der Waals surface area contributed by atoms with Crippen LogP contribution in [0.15, 0.2) is 17.1 Å². The molecule has 0 aromatic carbocycles. The van der Waals surface area contributed by atoms with Crippen LogP contribution in [0.1, 0.15) is 40.5 Å². The molecule has 4 nitrogen and oxygen atoms in total. The van der Waals surface area contributed by atoms with Crippen LogP contribution in [-0.2, 0) is 14.3 Å². The van der Waals surface area contributed by atoms with E-state index in [9.17, 15) is 4.79 Å². The SMILES string of the molecule is C/C=C/CCC1=NC2C(O[C@H](COC(C)=O)[C@@H](C)[C@@H]2C)S1. The van der Waals surface area contributed by atoms with Crippen molar-refractivity contribution in [3.8, 4) is 0 Å². The van der Waals surface area contributed by atoms with E-state index < -0.39 is 0 Å². The van der Waals surface area contributed by atoms with Gasteiger partial charge in [0.2, 0.25) is 0 Å². The average Bonchev–Trinajstić information content (AvgIpc) is 2.84. The van der Waals surface area contributed by atoms with Gasteiger partial charge in [0, 0.05) is 6.92 Å². The summed E-state index contributed by atoms with van der Waals surface area (Å²) in [5, 5.41) is 1.19. The van der Waals surface area contributed by atoms with E-state index >= 15 is 0 Å². The third-order valence-electron chi connectivity index (χ3n) is 4.30. The fourth-order valence-corrected chi connectivity index (χ4v) is 4.10. The maximum absolute atomic E-state index is 11.0. The standard InChI is InChI=1S/C16H25NO3S/c1-5-6-7-8-14-17-15-11(3)10(2)13(9-19-12(4)18)20-16(15)21-14/h5-6,10-11,13,15-16H,7-9H2,1-4H3/b6-5+/t10-,11-,13+,15?,16?/m0/s1. The second-order valence-electron chi connectivity index (χ2n) is 5.80. The fourth-order valence-electron chi connectivity index (χ4n) is 2.77. The molecule has 2 rings (SSSR count). The average molecular weight is 311 g/mol. The first-order chi connectivity index (χ1) is 10.0. The van der Waals surface area contributed by atoms with Crippen LogP contribution in [-0.4, -0.2) is 35.2 Å². The Morgan fingerprint density at radius 2 is 2.19 bits per heavy atom. The fraction of sp³-hybridized carbons (Fsp3) is 0.750. The summed E-state index contributed by atoms with van der Waals surface area (Å²) in [5.74, 6) is 0.531. The Labute approximate surface area is 131 Å². The van der Waals surface area contributed by atoms with Gasteiger partial charge in [0.1, 0.15) is 12.0 Å². The lowest BCUT2D eigenvalue weighted by molar-refractivity contribution is -0.152. The number of aliphatic imine (C=N–C) groups is 1. The zero-order chi connectivity index (χ0) is 15.4. The van der Waals surface area contributed by atoms with Gasteiger partial charge in [0.05, 0.1) is 17.2 Å². The quantitative estimate of drug-likeness (QED) is 0.576. The normalized spacial score (nSPS) is 35.6. The molecule has 118 valence electrons. The highest BCUT2D eigenvalue weighted by Crippen LogP contribution is 2.42. The van der Waals surface area contributed by atoms with E-state index in [2.05, 4.69) is 26.0 Å². The first-order valence-corrected chi connectivity index (χ1v) is 8.54. The molecular weight excluding hydrogens is 286 g/mol. The van der Waals surface area contributed by atoms with E-state index in [1.165, 1.54) is 12.0 Å². The minimum Gasteiger partial charge on any atom is -0.463 e. The Bertz CT molecular complexity index is 435. The lowest BCUT2D eigenvalue weighted by Gasteiger charge is -2.40. The Hall–Kier alpha value is -0.810. The van der Waals surface area contributed by atoms with Crippen molar-refractivity contribution in [1.82, 2.24) is 0 Å². The smallest absolute Gasteiger partial charge is 0.302 e. The zero-order valence-electron chi connectivity index (χ0n) is 13.2. The molecule has 2 unspecified atom stereocenters. The molecule has 0 saturated carbocycles. The van der Waals surface area contributed by atoms with Crippen LogP contribution in [0.5, 0.6) is 0 Å². The number of nitrogens with zero attached hydrogens (tertiary/aromatic N) is 1. The number of thioether (sulfide) groups is 1. The van der Waals surface area contributed by atoms with E-state index in [-0.39, 0.29) is 23.6 Å². The summed E-state index contributed by atoms with van der Waals surface area (Å²) in [6, 6.07) is 0.235. The van der Waals surface area contributed by atoms with E-state index in [1.807, 2.05) is 6.92 Å². The number of allylic oxidation sites excluding steroid dienone is 2. The molecule has 0 N–H and O–H groups in total. The van der Waals surface area contributed by atoms with Gasteiger partial charge in [-0.2, -0.15) is 0 Å². The van der Waals surface area contributed by atoms with Crippen LogP contribution < -0.4 is 0 Å². The number of rotatable bonds is 5. The second kappa shape index (κ2) is 7.45. The molecule has 2 aliphatic heterocycles. The van der Waals surface area contributed by atoms with Gasteiger partial charge in [-0.15, -0.1) is 0 Å². The van der Waals surface area contributed by atoms with E-state index in [0.717, 1.165) is 12.8 Å². The van der Waals surface area contributed by atoms with Crippen molar-refractivity contribution >= 4 is 22.8 Å². The molecule has 5 atom stereocenters. The van der Waals surface area contributed by atoms with Crippen LogP contribution in [0, 0.1) is 11.8 Å². The molecule has 0 spiro atoms. The largest absolute Gasteiger partial charge is 0.463 e. The highest BCUT2D eigenvalue weighted by molar-refractivity contribution is 8.14. The lowest BCUT2D eigenvalue weighted by Crippen LogP contribution is -2.47. The maximum atomic E-state index is 11.0. The van der Waals surface area contributed by atoms with Crippen LogP contribution in [0.3, 0.4) is 0 Å². The molecule has 2 heterocycles. The molecule has 0 amide bonds. The summed E-state index contributed by atoms with van der Waals surface area (Å²) in [7, 11) is 0. The van der Waals surface area contributed by atoms with Crippen LogP contribution in [0.2, 0.25) is 0 Å². The number of carbonyl (C=O) groups excluding carboxylic acids is 1. The third-order valence-corrected chi connectivity index (χ3v) is 5.50. The number of ether oxygens (including phenoxy) is 2. The second-order valence-corrected chi connectivity index (χ2v) is 6.97. The number of fused-ring (bicyclic) bond motifs is 1. The van der Waals surface area contributed by atoms with Crippen molar-refractivity contribution in [2.24, 2.45) is 16.8 Å². The molecule has 0 aromatic rings. The predicted molar refractivity (Wildman–Crippen MR) is 86.5 cm³/mol. The van der Waals surface area contributed by atoms with E-state index in [4.69, 9.17) is 14.5 Å². The third kappa shape index (κ3) is 4.10. The summed E-state index contributed by atoms with van der Waals surface area (Å²) >= 11 is 1.74. The Morgan fingerprint density at radius 1 is 1.43 bits per heavy atom. The molecule has 2 aliphatic rings. The number of hydrogen-bond donors (Lipinski definition) is 0. The lowest BCUT2D eigenvalue weighted by atomic mass is 9.83. The summed E-state index contributed by atoms with van der Waals surface area (Å²) in [5.41, 5.74) is 0.0809. The van der Waals surface area contributed by atoms with Gasteiger partial charge < -0.3 is 9.47 Å². The Kier molecular flexibility index (Phi) is 5.88. The van der Waals surface area contributed by atoms with Crippen molar-refractivity contribution in [2.75, 3.05) is 6.61 Å². The number of esters is 1. The topological polar surface area (TPSA) is 47.9 Å². The first-order valence-electron chi connectivity index (χ1n) is 7.66. The molecule has 1 fully saturated rings. The van der Waals surface area contributed by atoms with Gasteiger partial charge in [-0.3, -0.25) is 9.79 Å². The molecular formula is C16H25NO3S. The number of carbonyl (C=O) groups is 1.